The average molecular weight is 349 g/mol. The summed E-state index contributed by atoms with van der Waals surface area (Å²) in [4.78, 5) is 36.5. The Kier molecular flexibility index (Phi) is 6.73. The molecule has 0 bridgehead atoms. The molecule has 1 aliphatic heterocycles. The molecule has 0 aromatic heterocycles. The molecule has 1 saturated heterocycles. The maximum absolute atomic E-state index is 12.2. The molecule has 25 heavy (non-hydrogen) atoms. The lowest BCUT2D eigenvalue weighted by molar-refractivity contribution is -0.384. The molecule has 1 aromatic rings. The maximum atomic E-state index is 12.2. The molecule has 0 atom stereocenters. The van der Waals surface area contributed by atoms with Gasteiger partial charge in [0.05, 0.1) is 10.5 Å². The second-order valence-corrected chi connectivity index (χ2v) is 5.96. The zero-order chi connectivity index (χ0) is 18.2. The average Bonchev–Trinajstić information content (AvgIpc) is 2.58. The van der Waals surface area contributed by atoms with Crippen molar-refractivity contribution in [2.24, 2.45) is 0 Å². The van der Waals surface area contributed by atoms with Crippen molar-refractivity contribution in [3.8, 4) is 0 Å². The monoisotopic (exact) mass is 349 g/mol. The molecule has 0 radical (unpaired) electrons. The Morgan fingerprint density at radius 2 is 1.84 bits per heavy atom. The largest absolute Gasteiger partial charge is 0.452 e. The Bertz CT molecular complexity index is 639. The first-order chi connectivity index (χ1) is 12.0. The van der Waals surface area contributed by atoms with Gasteiger partial charge >= 0.3 is 5.97 Å². The van der Waals surface area contributed by atoms with Crippen LogP contribution in [0.5, 0.6) is 0 Å². The number of benzene rings is 1. The summed E-state index contributed by atoms with van der Waals surface area (Å²) >= 11 is 0. The van der Waals surface area contributed by atoms with Gasteiger partial charge in [0, 0.05) is 26.2 Å². The summed E-state index contributed by atoms with van der Waals surface area (Å²) in [5.41, 5.74) is 0.136. The molecule has 1 fully saturated rings. The number of nitrogens with zero attached hydrogens (tertiary/aromatic N) is 2. The van der Waals surface area contributed by atoms with E-state index < -0.39 is 10.9 Å². The highest BCUT2D eigenvalue weighted by Gasteiger charge is 2.20. The standard InChI is InChI=1S/C17H23N3O5/c1-18-14-8-7-13(11-15(14)20(23)24)17(22)25-12-16(21)19-9-5-3-2-4-6-10-19/h7-8,11,18H,2-6,9-10,12H2,1H3. The van der Waals surface area contributed by atoms with Crippen molar-refractivity contribution >= 4 is 23.3 Å². The van der Waals surface area contributed by atoms with E-state index in [-0.39, 0.29) is 23.8 Å². The molecule has 0 unspecified atom stereocenters. The van der Waals surface area contributed by atoms with E-state index in [1.807, 2.05) is 0 Å². The molecule has 0 saturated carbocycles. The van der Waals surface area contributed by atoms with Gasteiger partial charge in [-0.05, 0) is 25.0 Å². The van der Waals surface area contributed by atoms with Crippen molar-refractivity contribution < 1.29 is 19.2 Å². The number of amides is 1. The molecule has 0 spiro atoms. The van der Waals surface area contributed by atoms with E-state index >= 15 is 0 Å². The molecule has 2 rings (SSSR count). The fourth-order valence-electron chi connectivity index (χ4n) is 2.82. The predicted molar refractivity (Wildman–Crippen MR) is 92.6 cm³/mol. The number of rotatable bonds is 5. The number of likely N-dealkylation sites (tertiary alicyclic amines) is 1. The van der Waals surface area contributed by atoms with Gasteiger partial charge in [-0.25, -0.2) is 4.79 Å². The molecule has 1 N–H and O–H groups in total. The van der Waals surface area contributed by atoms with Crippen LogP contribution in [0.3, 0.4) is 0 Å². The van der Waals surface area contributed by atoms with Gasteiger partial charge in [0.2, 0.25) is 0 Å². The zero-order valence-corrected chi connectivity index (χ0v) is 14.3. The fourth-order valence-corrected chi connectivity index (χ4v) is 2.82. The van der Waals surface area contributed by atoms with Crippen LogP contribution >= 0.6 is 0 Å². The highest BCUT2D eigenvalue weighted by molar-refractivity contribution is 5.93. The first-order valence-electron chi connectivity index (χ1n) is 8.44. The molecule has 1 aromatic carbocycles. The third kappa shape index (κ3) is 5.17. The lowest BCUT2D eigenvalue weighted by Crippen LogP contribution is -2.36. The van der Waals surface area contributed by atoms with Gasteiger partial charge in [0.1, 0.15) is 5.69 Å². The van der Waals surface area contributed by atoms with E-state index in [0.29, 0.717) is 18.8 Å². The Hall–Kier alpha value is -2.64. The van der Waals surface area contributed by atoms with Crippen molar-refractivity contribution in [1.29, 1.82) is 0 Å². The van der Waals surface area contributed by atoms with Gasteiger partial charge in [0.25, 0.3) is 11.6 Å². The van der Waals surface area contributed by atoms with Crippen LogP contribution in [0.4, 0.5) is 11.4 Å². The lowest BCUT2D eigenvalue weighted by Gasteiger charge is -2.24. The number of ether oxygens (including phenoxy) is 1. The van der Waals surface area contributed by atoms with E-state index in [1.54, 1.807) is 11.9 Å². The van der Waals surface area contributed by atoms with E-state index in [9.17, 15) is 19.7 Å². The summed E-state index contributed by atoms with van der Waals surface area (Å²) in [5, 5.41) is 13.7. The summed E-state index contributed by atoms with van der Waals surface area (Å²) in [5.74, 6) is -0.970. The maximum Gasteiger partial charge on any atom is 0.338 e. The van der Waals surface area contributed by atoms with E-state index in [2.05, 4.69) is 5.32 Å². The summed E-state index contributed by atoms with van der Waals surface area (Å²) in [6, 6.07) is 4.02. The van der Waals surface area contributed by atoms with Gasteiger partial charge < -0.3 is 15.0 Å². The smallest absolute Gasteiger partial charge is 0.338 e. The second-order valence-electron chi connectivity index (χ2n) is 5.96. The number of nitro groups is 1. The fraction of sp³-hybridized carbons (Fsp3) is 0.529. The Morgan fingerprint density at radius 1 is 1.20 bits per heavy atom. The quantitative estimate of drug-likeness (QED) is 0.498. The van der Waals surface area contributed by atoms with Crippen molar-refractivity contribution in [3.63, 3.8) is 0 Å². The first-order valence-corrected chi connectivity index (χ1v) is 8.44. The van der Waals surface area contributed by atoms with Crippen LogP contribution in [-0.4, -0.2) is 48.4 Å². The van der Waals surface area contributed by atoms with Gasteiger partial charge in [-0.1, -0.05) is 19.3 Å². The first kappa shape index (κ1) is 18.7. The summed E-state index contributed by atoms with van der Waals surface area (Å²) in [7, 11) is 1.56. The van der Waals surface area contributed by atoms with Crippen LogP contribution < -0.4 is 5.32 Å². The third-order valence-corrected chi connectivity index (χ3v) is 4.23. The minimum atomic E-state index is -0.744. The Morgan fingerprint density at radius 3 is 2.44 bits per heavy atom. The normalized spacial score (nSPS) is 15.0. The number of anilines is 1. The summed E-state index contributed by atoms with van der Waals surface area (Å²) in [6.45, 7) is 1.01. The van der Waals surface area contributed by atoms with Gasteiger partial charge in [0.15, 0.2) is 6.61 Å². The van der Waals surface area contributed by atoms with Crippen molar-refractivity contribution in [2.45, 2.75) is 32.1 Å². The highest BCUT2D eigenvalue weighted by Crippen LogP contribution is 2.25. The Balaban J connectivity index is 1.96. The van der Waals surface area contributed by atoms with Crippen LogP contribution in [0, 0.1) is 10.1 Å². The molecular weight excluding hydrogens is 326 g/mol. The summed E-state index contributed by atoms with van der Waals surface area (Å²) < 4.78 is 5.05. The minimum Gasteiger partial charge on any atom is -0.452 e. The summed E-state index contributed by atoms with van der Waals surface area (Å²) in [6.07, 6.45) is 5.31. The number of esters is 1. The minimum absolute atomic E-state index is 0.0474. The van der Waals surface area contributed by atoms with Crippen LogP contribution in [0.15, 0.2) is 18.2 Å². The van der Waals surface area contributed by atoms with Crippen molar-refractivity contribution in [1.82, 2.24) is 4.90 Å². The number of hydrogen-bond acceptors (Lipinski definition) is 6. The predicted octanol–water partition coefficient (Wildman–Crippen LogP) is 2.59. The highest BCUT2D eigenvalue weighted by atomic mass is 16.6. The molecule has 0 aliphatic carbocycles. The molecule has 1 aliphatic rings. The number of nitrogens with one attached hydrogen (secondary N) is 1. The van der Waals surface area contributed by atoms with Gasteiger partial charge in [-0.3, -0.25) is 14.9 Å². The van der Waals surface area contributed by atoms with Crippen LogP contribution in [0.1, 0.15) is 42.5 Å². The lowest BCUT2D eigenvalue weighted by atomic mass is 10.1. The molecule has 1 amide bonds. The molecular formula is C17H23N3O5. The molecule has 136 valence electrons. The Labute approximate surface area is 146 Å². The number of nitro benzene ring substituents is 1. The van der Waals surface area contributed by atoms with Crippen LogP contribution in [0.25, 0.3) is 0 Å². The third-order valence-electron chi connectivity index (χ3n) is 4.23. The van der Waals surface area contributed by atoms with Crippen molar-refractivity contribution in [2.75, 3.05) is 32.1 Å². The number of hydrogen-bond donors (Lipinski definition) is 1. The topological polar surface area (TPSA) is 102 Å². The van der Waals surface area contributed by atoms with Crippen LogP contribution in [-0.2, 0) is 9.53 Å². The van der Waals surface area contributed by atoms with Gasteiger partial charge in [-0.15, -0.1) is 0 Å². The van der Waals surface area contributed by atoms with E-state index in [4.69, 9.17) is 4.74 Å². The SMILES string of the molecule is CNc1ccc(C(=O)OCC(=O)N2CCCCCCC2)cc1[N+](=O)[O-]. The van der Waals surface area contributed by atoms with Gasteiger partial charge in [-0.2, -0.15) is 0 Å². The molecule has 8 heteroatoms. The molecule has 1 heterocycles. The second kappa shape index (κ2) is 9.00. The van der Waals surface area contributed by atoms with Crippen LogP contribution in [0.2, 0.25) is 0 Å². The number of carbonyl (C=O) groups is 2. The van der Waals surface area contributed by atoms with E-state index in [1.165, 1.54) is 18.6 Å². The van der Waals surface area contributed by atoms with Crippen molar-refractivity contribution in [3.05, 3.63) is 33.9 Å². The zero-order valence-electron chi connectivity index (χ0n) is 14.3. The van der Waals surface area contributed by atoms with E-state index in [0.717, 1.165) is 31.7 Å². The molecule has 8 nitrogen and oxygen atoms in total. The number of carbonyl (C=O) groups excluding carboxylic acids is 2.